The summed E-state index contributed by atoms with van der Waals surface area (Å²) in [6, 6.07) is 11.5. The molecule has 1 aliphatic heterocycles. The zero-order valence-electron chi connectivity index (χ0n) is 15.2. The average Bonchev–Trinajstić information content (AvgIpc) is 2.68. The van der Waals surface area contributed by atoms with Gasteiger partial charge in [0.2, 0.25) is 5.91 Å². The first-order valence-electron chi connectivity index (χ1n) is 9.15. The normalized spacial score (nSPS) is 20.0. The van der Waals surface area contributed by atoms with Gasteiger partial charge in [-0.3, -0.25) is 9.78 Å². The van der Waals surface area contributed by atoms with E-state index in [0.29, 0.717) is 31.7 Å². The Morgan fingerprint density at radius 1 is 1.27 bits per heavy atom. The van der Waals surface area contributed by atoms with E-state index in [-0.39, 0.29) is 5.91 Å². The summed E-state index contributed by atoms with van der Waals surface area (Å²) in [5.41, 5.74) is 0.903. The molecule has 0 aliphatic carbocycles. The van der Waals surface area contributed by atoms with Gasteiger partial charge in [-0.25, -0.2) is 0 Å². The lowest BCUT2D eigenvalue weighted by Gasteiger charge is -2.40. The number of β-amino-alcohol motifs (C(OH)–C–C–N with tert-alkyl or cyclic N) is 1. The van der Waals surface area contributed by atoms with E-state index in [1.54, 1.807) is 24.4 Å². The van der Waals surface area contributed by atoms with Crippen LogP contribution in [0.2, 0.25) is 0 Å². The molecule has 5 heteroatoms. The summed E-state index contributed by atoms with van der Waals surface area (Å²) in [7, 11) is 1.60. The van der Waals surface area contributed by atoms with Crippen molar-refractivity contribution < 1.29 is 14.6 Å². The van der Waals surface area contributed by atoms with Crippen LogP contribution in [-0.4, -0.2) is 41.1 Å². The molecule has 0 spiro atoms. The van der Waals surface area contributed by atoms with Crippen LogP contribution in [0.3, 0.4) is 0 Å². The van der Waals surface area contributed by atoms with E-state index >= 15 is 0 Å². The van der Waals surface area contributed by atoms with Crippen LogP contribution in [0.25, 0.3) is 0 Å². The van der Waals surface area contributed by atoms with Crippen LogP contribution in [-0.2, 0) is 16.8 Å². The molecule has 2 aromatic rings. The van der Waals surface area contributed by atoms with Crippen LogP contribution in [0.4, 0.5) is 0 Å². The SMILES string of the molecule is COc1ccccc1[C@]1(O)CCCN(C(=O)CCCc2ccncc2)C1. The molecule has 1 aliphatic rings. The molecule has 1 saturated heterocycles. The Bertz CT molecular complexity index is 735. The number of ether oxygens (including phenoxy) is 1. The number of pyridine rings is 1. The van der Waals surface area contributed by atoms with Crippen LogP contribution in [0.5, 0.6) is 5.75 Å². The van der Waals surface area contributed by atoms with Crippen molar-refractivity contribution in [3.8, 4) is 5.75 Å². The minimum absolute atomic E-state index is 0.104. The molecule has 0 bridgehead atoms. The molecule has 1 atom stereocenters. The smallest absolute Gasteiger partial charge is 0.222 e. The summed E-state index contributed by atoms with van der Waals surface area (Å²) < 4.78 is 5.40. The van der Waals surface area contributed by atoms with Gasteiger partial charge < -0.3 is 14.7 Å². The molecule has 26 heavy (non-hydrogen) atoms. The molecule has 1 aromatic carbocycles. The Kier molecular flexibility index (Phi) is 5.89. The number of methoxy groups -OCH3 is 1. The number of likely N-dealkylation sites (tertiary alicyclic amines) is 1. The maximum atomic E-state index is 12.6. The van der Waals surface area contributed by atoms with Crippen LogP contribution in [0.15, 0.2) is 48.8 Å². The minimum Gasteiger partial charge on any atom is -0.496 e. The quantitative estimate of drug-likeness (QED) is 0.866. The van der Waals surface area contributed by atoms with Gasteiger partial charge in [0.05, 0.1) is 13.7 Å². The zero-order chi connectivity index (χ0) is 18.4. The lowest BCUT2D eigenvalue weighted by Crippen LogP contribution is -2.48. The van der Waals surface area contributed by atoms with Crippen LogP contribution in [0, 0.1) is 0 Å². The number of carbonyl (C=O) groups is 1. The Labute approximate surface area is 154 Å². The highest BCUT2D eigenvalue weighted by atomic mass is 16.5. The highest BCUT2D eigenvalue weighted by Gasteiger charge is 2.38. The summed E-state index contributed by atoms with van der Waals surface area (Å²) in [6.45, 7) is 1.02. The third kappa shape index (κ3) is 4.22. The number of para-hydroxylation sites is 1. The van der Waals surface area contributed by atoms with Gasteiger partial charge in [-0.15, -0.1) is 0 Å². The Morgan fingerprint density at radius 3 is 2.81 bits per heavy atom. The molecule has 1 N–H and O–H groups in total. The Morgan fingerprint density at radius 2 is 2.04 bits per heavy atom. The van der Waals surface area contributed by atoms with Gasteiger partial charge in [-0.05, 0) is 49.4 Å². The maximum Gasteiger partial charge on any atom is 0.222 e. The van der Waals surface area contributed by atoms with Gasteiger partial charge in [-0.2, -0.15) is 0 Å². The lowest BCUT2D eigenvalue weighted by molar-refractivity contribution is -0.139. The number of hydrogen-bond donors (Lipinski definition) is 1. The fraction of sp³-hybridized carbons (Fsp3) is 0.429. The molecule has 3 rings (SSSR count). The lowest BCUT2D eigenvalue weighted by atomic mass is 9.85. The van der Waals surface area contributed by atoms with Crippen molar-refractivity contribution in [3.63, 3.8) is 0 Å². The molecule has 1 amide bonds. The summed E-state index contributed by atoms with van der Waals surface area (Å²) in [5.74, 6) is 0.772. The van der Waals surface area contributed by atoms with Crippen LogP contribution < -0.4 is 4.74 Å². The largest absolute Gasteiger partial charge is 0.496 e. The van der Waals surface area contributed by atoms with Gasteiger partial charge in [-0.1, -0.05) is 18.2 Å². The van der Waals surface area contributed by atoms with Crippen molar-refractivity contribution in [2.24, 2.45) is 0 Å². The summed E-state index contributed by atoms with van der Waals surface area (Å²) in [5, 5.41) is 11.2. The highest BCUT2D eigenvalue weighted by Crippen LogP contribution is 2.37. The van der Waals surface area contributed by atoms with Crippen molar-refractivity contribution in [3.05, 3.63) is 59.9 Å². The van der Waals surface area contributed by atoms with Crippen molar-refractivity contribution in [1.82, 2.24) is 9.88 Å². The van der Waals surface area contributed by atoms with Crippen molar-refractivity contribution in [2.45, 2.75) is 37.7 Å². The second-order valence-electron chi connectivity index (χ2n) is 6.86. The Hall–Kier alpha value is -2.40. The van der Waals surface area contributed by atoms with E-state index in [1.165, 1.54) is 5.56 Å². The molecule has 0 unspecified atom stereocenters. The molecule has 1 fully saturated rings. The molecular formula is C21H26N2O3. The summed E-state index contributed by atoms with van der Waals surface area (Å²) in [6.07, 6.45) is 7.11. The first-order chi connectivity index (χ1) is 12.6. The van der Waals surface area contributed by atoms with Gasteiger partial charge in [0.25, 0.3) is 0 Å². The minimum atomic E-state index is -1.05. The van der Waals surface area contributed by atoms with E-state index < -0.39 is 5.60 Å². The van der Waals surface area contributed by atoms with Gasteiger partial charge in [0, 0.05) is 30.9 Å². The summed E-state index contributed by atoms with van der Waals surface area (Å²) >= 11 is 0. The van der Waals surface area contributed by atoms with E-state index in [2.05, 4.69) is 4.98 Å². The summed E-state index contributed by atoms with van der Waals surface area (Å²) in [4.78, 5) is 18.4. The number of aliphatic hydroxyl groups is 1. The number of rotatable bonds is 6. The van der Waals surface area contributed by atoms with Gasteiger partial charge in [0.15, 0.2) is 0 Å². The van der Waals surface area contributed by atoms with Crippen molar-refractivity contribution in [1.29, 1.82) is 0 Å². The Balaban J connectivity index is 1.61. The van der Waals surface area contributed by atoms with Gasteiger partial charge in [0.1, 0.15) is 11.4 Å². The molecule has 1 aromatic heterocycles. The standard InChI is InChI=1S/C21H26N2O3/c1-26-19-8-3-2-7-18(19)21(25)12-5-15-23(16-21)20(24)9-4-6-17-10-13-22-14-11-17/h2-3,7-8,10-11,13-14,25H,4-6,9,12,15-16H2,1H3/t21-/m0/s1. The number of piperidine rings is 1. The van der Waals surface area contributed by atoms with Gasteiger partial charge >= 0.3 is 0 Å². The number of aryl methyl sites for hydroxylation is 1. The van der Waals surface area contributed by atoms with E-state index in [9.17, 15) is 9.90 Å². The monoisotopic (exact) mass is 354 g/mol. The maximum absolute atomic E-state index is 12.6. The first kappa shape index (κ1) is 18.4. The third-order valence-electron chi connectivity index (χ3n) is 5.04. The van der Waals surface area contributed by atoms with Crippen molar-refractivity contribution >= 4 is 5.91 Å². The zero-order valence-corrected chi connectivity index (χ0v) is 15.2. The predicted octanol–water partition coefficient (Wildman–Crippen LogP) is 2.92. The van der Waals surface area contributed by atoms with Crippen molar-refractivity contribution in [2.75, 3.05) is 20.2 Å². The molecular weight excluding hydrogens is 328 g/mol. The molecule has 138 valence electrons. The predicted molar refractivity (Wildman–Crippen MR) is 99.9 cm³/mol. The molecule has 0 saturated carbocycles. The van der Waals surface area contributed by atoms with Crippen LogP contribution >= 0.6 is 0 Å². The number of benzene rings is 1. The number of hydrogen-bond acceptors (Lipinski definition) is 4. The first-order valence-corrected chi connectivity index (χ1v) is 9.15. The fourth-order valence-corrected chi connectivity index (χ4v) is 3.65. The van der Waals surface area contributed by atoms with E-state index in [4.69, 9.17) is 4.74 Å². The number of aromatic nitrogens is 1. The number of amides is 1. The number of nitrogens with zero attached hydrogens (tertiary/aromatic N) is 2. The molecule has 5 nitrogen and oxygen atoms in total. The van der Waals surface area contributed by atoms with Crippen LogP contribution in [0.1, 0.15) is 36.8 Å². The second-order valence-corrected chi connectivity index (χ2v) is 6.86. The average molecular weight is 354 g/mol. The topological polar surface area (TPSA) is 62.7 Å². The van der Waals surface area contributed by atoms with E-state index in [1.807, 2.05) is 36.4 Å². The highest BCUT2D eigenvalue weighted by molar-refractivity contribution is 5.76. The van der Waals surface area contributed by atoms with E-state index in [0.717, 1.165) is 24.8 Å². The molecule has 2 heterocycles. The fourth-order valence-electron chi connectivity index (χ4n) is 3.65. The molecule has 0 radical (unpaired) electrons. The third-order valence-corrected chi connectivity index (χ3v) is 5.04. The number of carbonyl (C=O) groups excluding carboxylic acids is 1. The second kappa shape index (κ2) is 8.32.